The molecular formula is C12H11Cl2N3O2S. The average Bonchev–Trinajstić information content (AvgIpc) is 2.25. The van der Waals surface area contributed by atoms with Crippen LogP contribution in [0.25, 0.3) is 0 Å². The molecule has 8 heteroatoms. The number of aromatic nitrogens is 1. The number of anilines is 2. The van der Waals surface area contributed by atoms with Gasteiger partial charge in [-0.15, -0.1) is 0 Å². The van der Waals surface area contributed by atoms with Crippen molar-refractivity contribution in [1.82, 2.24) is 4.98 Å². The maximum absolute atomic E-state index is 12.3. The fourth-order valence-electron chi connectivity index (χ4n) is 1.65. The molecular weight excluding hydrogens is 321 g/mol. The van der Waals surface area contributed by atoms with Gasteiger partial charge in [-0.05, 0) is 31.2 Å². The van der Waals surface area contributed by atoms with E-state index in [2.05, 4.69) is 9.71 Å². The standard InChI is InChI=1S/C12H11Cl2N3O2S/c1-7-3-2-4-11(16-7)17-20(18,19)12-9(14)5-8(13)6-10(12)15/h2-6H,15H2,1H3,(H,16,17). The van der Waals surface area contributed by atoms with Gasteiger partial charge in [0.1, 0.15) is 10.7 Å². The lowest BCUT2D eigenvalue weighted by molar-refractivity contribution is 0.601. The van der Waals surface area contributed by atoms with Crippen molar-refractivity contribution in [3.8, 4) is 0 Å². The maximum Gasteiger partial charge on any atom is 0.266 e. The van der Waals surface area contributed by atoms with Crippen molar-refractivity contribution in [3.05, 3.63) is 46.1 Å². The van der Waals surface area contributed by atoms with Gasteiger partial charge in [-0.2, -0.15) is 0 Å². The van der Waals surface area contributed by atoms with Crippen LogP contribution < -0.4 is 10.5 Å². The number of pyridine rings is 1. The number of nitrogens with one attached hydrogen (secondary N) is 1. The Bertz CT molecular complexity index is 740. The van der Waals surface area contributed by atoms with Crippen molar-refractivity contribution in [2.45, 2.75) is 11.8 Å². The molecule has 20 heavy (non-hydrogen) atoms. The molecule has 0 spiro atoms. The lowest BCUT2D eigenvalue weighted by Crippen LogP contribution is -2.16. The highest BCUT2D eigenvalue weighted by Crippen LogP contribution is 2.32. The average molecular weight is 332 g/mol. The number of nitrogen functional groups attached to an aromatic ring is 1. The van der Waals surface area contributed by atoms with Crippen LogP contribution in [0.15, 0.2) is 35.2 Å². The summed E-state index contributed by atoms with van der Waals surface area (Å²) in [4.78, 5) is 3.84. The topological polar surface area (TPSA) is 85.1 Å². The molecule has 0 aliphatic carbocycles. The Hall–Kier alpha value is -1.50. The Labute approximate surface area is 126 Å². The number of nitrogens with two attached hydrogens (primary N) is 1. The van der Waals surface area contributed by atoms with Gasteiger partial charge in [-0.1, -0.05) is 29.3 Å². The van der Waals surface area contributed by atoms with Crippen molar-refractivity contribution in [2.75, 3.05) is 10.5 Å². The van der Waals surface area contributed by atoms with Crippen LogP contribution in [0.3, 0.4) is 0 Å². The van der Waals surface area contributed by atoms with Gasteiger partial charge in [0.2, 0.25) is 0 Å². The molecule has 0 bridgehead atoms. The van der Waals surface area contributed by atoms with E-state index in [1.54, 1.807) is 19.1 Å². The molecule has 2 rings (SSSR count). The molecule has 3 N–H and O–H groups in total. The summed E-state index contributed by atoms with van der Waals surface area (Å²) in [6, 6.07) is 7.61. The summed E-state index contributed by atoms with van der Waals surface area (Å²) in [5, 5.41) is 0.218. The molecule has 1 aromatic heterocycles. The molecule has 0 unspecified atom stereocenters. The molecule has 2 aromatic rings. The molecule has 1 heterocycles. The zero-order valence-corrected chi connectivity index (χ0v) is 12.7. The third kappa shape index (κ3) is 3.15. The molecule has 0 radical (unpaired) electrons. The summed E-state index contributed by atoms with van der Waals surface area (Å²) >= 11 is 11.7. The fourth-order valence-corrected chi connectivity index (χ4v) is 3.64. The van der Waals surface area contributed by atoms with Crippen LogP contribution in [0.4, 0.5) is 11.5 Å². The predicted molar refractivity (Wildman–Crippen MR) is 80.7 cm³/mol. The quantitative estimate of drug-likeness (QED) is 0.846. The monoisotopic (exact) mass is 331 g/mol. The fraction of sp³-hybridized carbons (Fsp3) is 0.0833. The highest BCUT2D eigenvalue weighted by atomic mass is 35.5. The molecule has 0 saturated carbocycles. The van der Waals surface area contributed by atoms with Gasteiger partial charge < -0.3 is 5.73 Å². The van der Waals surface area contributed by atoms with Crippen molar-refractivity contribution in [2.24, 2.45) is 0 Å². The van der Waals surface area contributed by atoms with Crippen molar-refractivity contribution < 1.29 is 8.42 Å². The molecule has 1 aromatic carbocycles. The van der Waals surface area contributed by atoms with Crippen LogP contribution in [0.1, 0.15) is 5.69 Å². The van der Waals surface area contributed by atoms with Crippen molar-refractivity contribution in [1.29, 1.82) is 0 Å². The molecule has 5 nitrogen and oxygen atoms in total. The van der Waals surface area contributed by atoms with Crippen molar-refractivity contribution in [3.63, 3.8) is 0 Å². The summed E-state index contributed by atoms with van der Waals surface area (Å²) < 4.78 is 26.9. The molecule has 106 valence electrons. The van der Waals surface area contributed by atoms with Crippen molar-refractivity contribution >= 4 is 44.7 Å². The zero-order valence-electron chi connectivity index (χ0n) is 10.4. The van der Waals surface area contributed by atoms with Gasteiger partial charge in [0.05, 0.1) is 10.7 Å². The van der Waals surface area contributed by atoms with Crippen LogP contribution in [0.5, 0.6) is 0 Å². The second kappa shape index (κ2) is 5.47. The van der Waals surface area contributed by atoms with Gasteiger partial charge in [-0.3, -0.25) is 4.72 Å². The number of rotatable bonds is 3. The number of halogens is 2. The highest BCUT2D eigenvalue weighted by molar-refractivity contribution is 7.93. The normalized spacial score (nSPS) is 11.3. The largest absolute Gasteiger partial charge is 0.398 e. The summed E-state index contributed by atoms with van der Waals surface area (Å²) in [6.07, 6.45) is 0. The first-order chi connectivity index (χ1) is 9.29. The first kappa shape index (κ1) is 14.9. The van der Waals surface area contributed by atoms with Gasteiger partial charge >= 0.3 is 0 Å². The Balaban J connectivity index is 2.46. The third-order valence-electron chi connectivity index (χ3n) is 2.43. The molecule has 0 atom stereocenters. The lowest BCUT2D eigenvalue weighted by atomic mass is 10.3. The molecule has 0 amide bonds. The van der Waals surface area contributed by atoms with Crippen LogP contribution in [-0.4, -0.2) is 13.4 Å². The van der Waals surface area contributed by atoms with Crippen LogP contribution in [0, 0.1) is 6.92 Å². The first-order valence-corrected chi connectivity index (χ1v) is 7.74. The Kier molecular flexibility index (Phi) is 4.08. The molecule has 0 saturated heterocycles. The van der Waals surface area contributed by atoms with E-state index in [0.29, 0.717) is 5.69 Å². The Morgan fingerprint density at radius 3 is 2.55 bits per heavy atom. The van der Waals surface area contributed by atoms with E-state index >= 15 is 0 Å². The Morgan fingerprint density at radius 1 is 1.25 bits per heavy atom. The summed E-state index contributed by atoms with van der Waals surface area (Å²) in [7, 11) is -3.94. The number of aryl methyl sites for hydroxylation is 1. The lowest BCUT2D eigenvalue weighted by Gasteiger charge is -2.11. The van der Waals surface area contributed by atoms with E-state index in [0.717, 1.165) is 0 Å². The van der Waals surface area contributed by atoms with Gasteiger partial charge in [0.15, 0.2) is 0 Å². The minimum absolute atomic E-state index is 0.0253. The highest BCUT2D eigenvalue weighted by Gasteiger charge is 2.22. The van der Waals surface area contributed by atoms with E-state index in [-0.39, 0.29) is 26.4 Å². The summed E-state index contributed by atoms with van der Waals surface area (Å²) in [6.45, 7) is 1.75. The number of hydrogen-bond acceptors (Lipinski definition) is 4. The minimum Gasteiger partial charge on any atom is -0.398 e. The predicted octanol–water partition coefficient (Wildman–Crippen LogP) is 3.08. The van der Waals surface area contributed by atoms with Gasteiger partial charge in [0.25, 0.3) is 10.0 Å². The second-order valence-electron chi connectivity index (χ2n) is 4.08. The zero-order chi connectivity index (χ0) is 14.9. The first-order valence-electron chi connectivity index (χ1n) is 5.50. The van der Waals surface area contributed by atoms with E-state index < -0.39 is 10.0 Å². The smallest absolute Gasteiger partial charge is 0.266 e. The molecule has 0 aliphatic heterocycles. The van der Waals surface area contributed by atoms with E-state index in [1.165, 1.54) is 18.2 Å². The van der Waals surface area contributed by atoms with E-state index in [4.69, 9.17) is 28.9 Å². The SMILES string of the molecule is Cc1cccc(NS(=O)(=O)c2c(N)cc(Cl)cc2Cl)n1. The van der Waals surface area contributed by atoms with Gasteiger partial charge in [0, 0.05) is 10.7 Å². The van der Waals surface area contributed by atoms with Crippen LogP contribution >= 0.6 is 23.2 Å². The second-order valence-corrected chi connectivity index (χ2v) is 6.54. The van der Waals surface area contributed by atoms with Gasteiger partial charge in [-0.25, -0.2) is 13.4 Å². The summed E-state index contributed by atoms with van der Waals surface area (Å²) in [5.41, 5.74) is 6.34. The molecule has 0 aliphatic rings. The van der Waals surface area contributed by atoms with E-state index in [9.17, 15) is 8.42 Å². The number of nitrogens with zero attached hydrogens (tertiary/aromatic N) is 1. The number of hydrogen-bond donors (Lipinski definition) is 2. The summed E-state index contributed by atoms with van der Waals surface area (Å²) in [5.74, 6) is 0.190. The van der Waals surface area contributed by atoms with Crippen LogP contribution in [-0.2, 0) is 10.0 Å². The number of sulfonamides is 1. The Morgan fingerprint density at radius 2 is 1.95 bits per heavy atom. The van der Waals surface area contributed by atoms with E-state index in [1.807, 2.05) is 0 Å². The third-order valence-corrected chi connectivity index (χ3v) is 4.53. The number of benzene rings is 1. The minimum atomic E-state index is -3.94. The molecule has 0 fully saturated rings. The maximum atomic E-state index is 12.3. The van der Waals surface area contributed by atoms with Crippen LogP contribution in [0.2, 0.25) is 10.0 Å².